The van der Waals surface area contributed by atoms with Gasteiger partial charge in [0.15, 0.2) is 5.78 Å². The summed E-state index contributed by atoms with van der Waals surface area (Å²) in [6.45, 7) is 5.33. The molecule has 0 heterocycles. The predicted molar refractivity (Wildman–Crippen MR) is 71.3 cm³/mol. The minimum atomic E-state index is -0.214. The molecule has 0 spiro atoms. The summed E-state index contributed by atoms with van der Waals surface area (Å²) in [7, 11) is 0. The highest BCUT2D eigenvalue weighted by molar-refractivity contribution is 5.94. The van der Waals surface area contributed by atoms with Crippen LogP contribution in [0.5, 0.6) is 0 Å². The molecule has 0 aromatic heterocycles. The zero-order valence-corrected chi connectivity index (χ0v) is 10.8. The van der Waals surface area contributed by atoms with E-state index in [1.807, 2.05) is 26.0 Å². The smallest absolute Gasteiger partial charge is 0.159 e. The number of hydrogen-bond acceptors (Lipinski definition) is 1. The Bertz CT molecular complexity index is 574. The first kappa shape index (κ1) is 12.5. The predicted octanol–water partition coefficient (Wildman–Crippen LogP) is 4.31. The number of ketones is 1. The second-order valence-electron chi connectivity index (χ2n) is 4.55. The lowest BCUT2D eigenvalue weighted by Gasteiger charge is -2.10. The third-order valence-electron chi connectivity index (χ3n) is 3.08. The zero-order valence-electron chi connectivity index (χ0n) is 10.8. The lowest BCUT2D eigenvalue weighted by Crippen LogP contribution is -1.93. The van der Waals surface area contributed by atoms with Gasteiger partial charge in [-0.25, -0.2) is 4.39 Å². The molecule has 0 N–H and O–H groups in total. The Morgan fingerprint density at radius 2 is 1.50 bits per heavy atom. The van der Waals surface area contributed by atoms with Crippen LogP contribution in [0.25, 0.3) is 11.1 Å². The van der Waals surface area contributed by atoms with Crippen LogP contribution in [0.1, 0.15) is 28.4 Å². The highest BCUT2D eigenvalue weighted by atomic mass is 19.1. The van der Waals surface area contributed by atoms with Crippen molar-refractivity contribution in [3.05, 3.63) is 58.9 Å². The van der Waals surface area contributed by atoms with Crippen LogP contribution in [0.15, 0.2) is 36.4 Å². The molecule has 0 fully saturated rings. The summed E-state index contributed by atoms with van der Waals surface area (Å²) in [6, 6.07) is 10.5. The van der Waals surface area contributed by atoms with E-state index in [-0.39, 0.29) is 11.6 Å². The van der Waals surface area contributed by atoms with Crippen molar-refractivity contribution in [2.45, 2.75) is 20.8 Å². The maximum atomic E-state index is 13.2. The van der Waals surface area contributed by atoms with Crippen LogP contribution in [-0.4, -0.2) is 5.78 Å². The number of carbonyl (C=O) groups excluding carboxylic acids is 1. The van der Waals surface area contributed by atoms with Crippen LogP contribution in [0.2, 0.25) is 0 Å². The highest BCUT2D eigenvalue weighted by Gasteiger charge is 2.08. The first-order valence-corrected chi connectivity index (χ1v) is 5.87. The SMILES string of the molecule is CC(=O)c1ccc(-c2c(C)cc(F)cc2C)cc1. The molecule has 0 aliphatic rings. The number of hydrogen-bond donors (Lipinski definition) is 0. The van der Waals surface area contributed by atoms with Crippen LogP contribution in [0.4, 0.5) is 4.39 Å². The summed E-state index contributed by atoms with van der Waals surface area (Å²) in [5.41, 5.74) is 4.55. The van der Waals surface area contributed by atoms with E-state index in [4.69, 9.17) is 0 Å². The lowest BCUT2D eigenvalue weighted by molar-refractivity contribution is 0.101. The standard InChI is InChI=1S/C16H15FO/c1-10-8-15(17)9-11(2)16(10)14-6-4-13(5-7-14)12(3)18/h4-9H,1-3H3. The van der Waals surface area contributed by atoms with Gasteiger partial charge in [-0.2, -0.15) is 0 Å². The number of rotatable bonds is 2. The Morgan fingerprint density at radius 3 is 1.94 bits per heavy atom. The lowest BCUT2D eigenvalue weighted by atomic mass is 9.94. The molecule has 0 bridgehead atoms. The molecule has 0 unspecified atom stereocenters. The van der Waals surface area contributed by atoms with Crippen molar-refractivity contribution >= 4 is 5.78 Å². The zero-order chi connectivity index (χ0) is 13.3. The monoisotopic (exact) mass is 242 g/mol. The van der Waals surface area contributed by atoms with E-state index < -0.39 is 0 Å². The summed E-state index contributed by atoms with van der Waals surface area (Å²) < 4.78 is 13.2. The molecular weight excluding hydrogens is 227 g/mol. The topological polar surface area (TPSA) is 17.1 Å². The summed E-state index contributed by atoms with van der Waals surface area (Å²) >= 11 is 0. The normalized spacial score (nSPS) is 10.4. The van der Waals surface area contributed by atoms with Crippen molar-refractivity contribution in [2.24, 2.45) is 0 Å². The van der Waals surface area contributed by atoms with Crippen molar-refractivity contribution < 1.29 is 9.18 Å². The molecule has 2 rings (SSSR count). The van der Waals surface area contributed by atoms with Gasteiger partial charge in [-0.05, 0) is 55.2 Å². The Kier molecular flexibility index (Phi) is 3.28. The van der Waals surface area contributed by atoms with Gasteiger partial charge >= 0.3 is 0 Å². The highest BCUT2D eigenvalue weighted by Crippen LogP contribution is 2.28. The first-order valence-electron chi connectivity index (χ1n) is 5.87. The fourth-order valence-corrected chi connectivity index (χ4v) is 2.24. The van der Waals surface area contributed by atoms with Crippen molar-refractivity contribution in [1.29, 1.82) is 0 Å². The molecule has 2 aromatic rings. The fraction of sp³-hybridized carbons (Fsp3) is 0.188. The number of carbonyl (C=O) groups is 1. The van der Waals surface area contributed by atoms with Crippen molar-refractivity contribution in [1.82, 2.24) is 0 Å². The van der Waals surface area contributed by atoms with Gasteiger partial charge < -0.3 is 0 Å². The van der Waals surface area contributed by atoms with E-state index >= 15 is 0 Å². The molecule has 0 saturated heterocycles. The molecule has 0 radical (unpaired) electrons. The van der Waals surface area contributed by atoms with Crippen LogP contribution in [-0.2, 0) is 0 Å². The van der Waals surface area contributed by atoms with E-state index in [1.54, 1.807) is 19.1 Å². The minimum absolute atomic E-state index is 0.0501. The maximum Gasteiger partial charge on any atom is 0.159 e. The maximum absolute atomic E-state index is 13.2. The Labute approximate surface area is 106 Å². The summed E-state index contributed by atoms with van der Waals surface area (Å²) in [5, 5.41) is 0. The van der Waals surface area contributed by atoms with Gasteiger partial charge in [-0.15, -0.1) is 0 Å². The van der Waals surface area contributed by atoms with Gasteiger partial charge in [0.05, 0.1) is 0 Å². The molecule has 0 amide bonds. The van der Waals surface area contributed by atoms with Crippen LogP contribution in [0.3, 0.4) is 0 Å². The molecule has 0 atom stereocenters. The van der Waals surface area contributed by atoms with Gasteiger partial charge in [0.1, 0.15) is 5.82 Å². The van der Waals surface area contributed by atoms with E-state index in [9.17, 15) is 9.18 Å². The molecule has 0 aliphatic heterocycles. The van der Waals surface area contributed by atoms with Crippen LogP contribution < -0.4 is 0 Å². The summed E-state index contributed by atoms with van der Waals surface area (Å²) in [4.78, 5) is 11.2. The fourth-order valence-electron chi connectivity index (χ4n) is 2.24. The second-order valence-corrected chi connectivity index (χ2v) is 4.55. The first-order chi connectivity index (χ1) is 8.49. The average molecular weight is 242 g/mol. The quantitative estimate of drug-likeness (QED) is 0.717. The van der Waals surface area contributed by atoms with Crippen LogP contribution in [0, 0.1) is 19.7 Å². The molecular formula is C16H15FO. The number of halogens is 1. The molecule has 18 heavy (non-hydrogen) atoms. The van der Waals surface area contributed by atoms with Crippen LogP contribution >= 0.6 is 0 Å². The molecule has 92 valence electrons. The number of Topliss-reactive ketones (excluding diaryl/α,β-unsaturated/α-hetero) is 1. The molecule has 2 heteroatoms. The van der Waals surface area contributed by atoms with Gasteiger partial charge in [0, 0.05) is 5.56 Å². The van der Waals surface area contributed by atoms with Crippen molar-refractivity contribution in [3.8, 4) is 11.1 Å². The third kappa shape index (κ3) is 2.33. The van der Waals surface area contributed by atoms with E-state index in [2.05, 4.69) is 0 Å². The number of aryl methyl sites for hydroxylation is 2. The Balaban J connectivity index is 2.52. The van der Waals surface area contributed by atoms with Crippen molar-refractivity contribution in [3.63, 3.8) is 0 Å². The molecule has 0 saturated carbocycles. The molecule has 1 nitrogen and oxygen atoms in total. The van der Waals surface area contributed by atoms with E-state index in [0.717, 1.165) is 22.3 Å². The minimum Gasteiger partial charge on any atom is -0.295 e. The summed E-state index contributed by atoms with van der Waals surface area (Å²) in [5.74, 6) is -0.164. The Morgan fingerprint density at radius 1 is 1.00 bits per heavy atom. The third-order valence-corrected chi connectivity index (χ3v) is 3.08. The van der Waals surface area contributed by atoms with E-state index in [0.29, 0.717) is 5.56 Å². The van der Waals surface area contributed by atoms with Gasteiger partial charge in [0.25, 0.3) is 0 Å². The second kappa shape index (κ2) is 4.73. The average Bonchev–Trinajstić information content (AvgIpc) is 2.28. The molecule has 0 aliphatic carbocycles. The number of benzene rings is 2. The van der Waals surface area contributed by atoms with Crippen molar-refractivity contribution in [2.75, 3.05) is 0 Å². The largest absolute Gasteiger partial charge is 0.295 e. The Hall–Kier alpha value is -1.96. The van der Waals surface area contributed by atoms with Gasteiger partial charge in [-0.3, -0.25) is 4.79 Å². The molecule has 2 aromatic carbocycles. The van der Waals surface area contributed by atoms with E-state index in [1.165, 1.54) is 12.1 Å². The van der Waals surface area contributed by atoms with Gasteiger partial charge in [-0.1, -0.05) is 24.3 Å². The summed E-state index contributed by atoms with van der Waals surface area (Å²) in [6.07, 6.45) is 0. The van der Waals surface area contributed by atoms with Gasteiger partial charge in [0.2, 0.25) is 0 Å².